The number of ether oxygens (including phenoxy) is 1. The Bertz CT molecular complexity index is 1070. The lowest BCUT2D eigenvalue weighted by atomic mass is 9.87. The predicted octanol–water partition coefficient (Wildman–Crippen LogP) is 6.81. The molecule has 4 heteroatoms. The van der Waals surface area contributed by atoms with Crippen LogP contribution in [0.5, 0.6) is 5.75 Å². The van der Waals surface area contributed by atoms with Crippen LogP contribution in [0.1, 0.15) is 77.1 Å². The zero-order valence-corrected chi connectivity index (χ0v) is 19.8. The molecular formula is C27H35N3O. The average molecular weight is 418 g/mol. The van der Waals surface area contributed by atoms with Crippen molar-refractivity contribution in [2.45, 2.75) is 85.3 Å². The Morgan fingerprint density at radius 3 is 2.39 bits per heavy atom. The van der Waals surface area contributed by atoms with Gasteiger partial charge in [0.25, 0.3) is 0 Å². The van der Waals surface area contributed by atoms with E-state index in [-0.39, 0.29) is 11.6 Å². The highest BCUT2D eigenvalue weighted by molar-refractivity contribution is 5.82. The molecule has 0 atom stereocenters. The molecule has 0 aliphatic heterocycles. The maximum absolute atomic E-state index is 6.16. The summed E-state index contributed by atoms with van der Waals surface area (Å²) in [6.45, 7) is 12.9. The van der Waals surface area contributed by atoms with E-state index >= 15 is 0 Å². The summed E-state index contributed by atoms with van der Waals surface area (Å²) in [5.41, 5.74) is 8.44. The quantitative estimate of drug-likeness (QED) is 0.458. The van der Waals surface area contributed by atoms with Gasteiger partial charge in [-0.05, 0) is 95.2 Å². The number of aryl methyl sites for hydroxylation is 3. The highest BCUT2D eigenvalue weighted by atomic mass is 16.5. The van der Waals surface area contributed by atoms with Crippen molar-refractivity contribution in [1.82, 2.24) is 15.0 Å². The zero-order chi connectivity index (χ0) is 22.2. The largest absolute Gasteiger partial charge is 0.488 e. The van der Waals surface area contributed by atoms with Crippen molar-refractivity contribution in [2.24, 2.45) is 0 Å². The molecule has 1 heterocycles. The fourth-order valence-electron chi connectivity index (χ4n) is 4.40. The molecule has 0 bridgehead atoms. The van der Waals surface area contributed by atoms with Gasteiger partial charge < -0.3 is 4.74 Å². The Labute approximate surface area is 186 Å². The summed E-state index contributed by atoms with van der Waals surface area (Å²) in [4.78, 5) is 0. The molecule has 2 aromatic carbocycles. The van der Waals surface area contributed by atoms with Crippen LogP contribution in [-0.4, -0.2) is 20.6 Å². The summed E-state index contributed by atoms with van der Waals surface area (Å²) in [6.07, 6.45) is 5.55. The third kappa shape index (κ3) is 4.53. The minimum atomic E-state index is -0.220. The van der Waals surface area contributed by atoms with Crippen molar-refractivity contribution in [2.75, 3.05) is 0 Å². The van der Waals surface area contributed by atoms with E-state index in [0.29, 0.717) is 0 Å². The third-order valence-electron chi connectivity index (χ3n) is 5.85. The molecule has 0 fully saturated rings. The second-order valence-electron chi connectivity index (χ2n) is 9.95. The molecule has 0 radical (unpaired) electrons. The van der Waals surface area contributed by atoms with Gasteiger partial charge in [0.15, 0.2) is 0 Å². The number of benzene rings is 2. The molecule has 4 nitrogen and oxygen atoms in total. The Morgan fingerprint density at radius 1 is 1.00 bits per heavy atom. The van der Waals surface area contributed by atoms with Crippen LogP contribution in [0.2, 0.25) is 0 Å². The number of hydrogen-bond acceptors (Lipinski definition) is 3. The van der Waals surface area contributed by atoms with Crippen molar-refractivity contribution in [3.63, 3.8) is 0 Å². The number of hydrogen-bond donors (Lipinski definition) is 0. The monoisotopic (exact) mass is 417 g/mol. The smallest absolute Gasteiger partial charge is 0.121 e. The van der Waals surface area contributed by atoms with Crippen molar-refractivity contribution in [1.29, 1.82) is 0 Å². The number of aromatic nitrogens is 3. The molecule has 31 heavy (non-hydrogen) atoms. The number of unbranched alkanes of at least 4 members (excludes halogenated alkanes) is 1. The fraction of sp³-hybridized carbons (Fsp3) is 0.481. The predicted molar refractivity (Wildman–Crippen MR) is 128 cm³/mol. The van der Waals surface area contributed by atoms with Crippen LogP contribution < -0.4 is 4.74 Å². The summed E-state index contributed by atoms with van der Waals surface area (Å²) in [5, 5.41) is 9.24. The molecule has 4 rings (SSSR count). The maximum Gasteiger partial charge on any atom is 0.121 e. The second-order valence-corrected chi connectivity index (χ2v) is 9.95. The number of nitrogens with zero attached hydrogens (tertiary/aromatic N) is 3. The highest BCUT2D eigenvalue weighted by Gasteiger charge is 2.25. The molecule has 0 amide bonds. The van der Waals surface area contributed by atoms with Crippen LogP contribution >= 0.6 is 0 Å². The van der Waals surface area contributed by atoms with E-state index in [4.69, 9.17) is 4.74 Å². The van der Waals surface area contributed by atoms with Crippen molar-refractivity contribution in [3.8, 4) is 28.3 Å². The van der Waals surface area contributed by atoms with E-state index < -0.39 is 0 Å². The van der Waals surface area contributed by atoms with Crippen molar-refractivity contribution in [3.05, 3.63) is 53.1 Å². The lowest BCUT2D eigenvalue weighted by Gasteiger charge is -2.23. The van der Waals surface area contributed by atoms with Crippen LogP contribution in [0, 0.1) is 0 Å². The standard InChI is InChI=1S/C27H35N3O/c1-7-8-9-19-10-14-24-20(16-19)11-12-21-17-22(31-27(4,5)6)13-15-23(21)25-26(24)30(18(2)3)29-28-25/h10,13-18H,7-9,11-12H2,1-6H3. The highest BCUT2D eigenvalue weighted by Crippen LogP contribution is 2.40. The van der Waals surface area contributed by atoms with Gasteiger partial charge in [-0.2, -0.15) is 0 Å². The van der Waals surface area contributed by atoms with Gasteiger partial charge in [0.1, 0.15) is 17.0 Å². The summed E-state index contributed by atoms with van der Waals surface area (Å²) < 4.78 is 8.24. The van der Waals surface area contributed by atoms with E-state index in [1.807, 2.05) is 0 Å². The lowest BCUT2D eigenvalue weighted by Crippen LogP contribution is -2.23. The van der Waals surface area contributed by atoms with E-state index in [9.17, 15) is 0 Å². The van der Waals surface area contributed by atoms with Gasteiger partial charge in [-0.3, -0.25) is 0 Å². The van der Waals surface area contributed by atoms with E-state index in [1.54, 1.807) is 0 Å². The van der Waals surface area contributed by atoms with Crippen LogP contribution in [-0.2, 0) is 19.3 Å². The van der Waals surface area contributed by atoms with Crippen LogP contribution in [0.4, 0.5) is 0 Å². The van der Waals surface area contributed by atoms with Crippen LogP contribution in [0.25, 0.3) is 22.5 Å². The molecule has 0 unspecified atom stereocenters. The Kier molecular flexibility index (Phi) is 5.92. The Balaban J connectivity index is 1.86. The van der Waals surface area contributed by atoms with Gasteiger partial charge in [-0.15, -0.1) is 5.10 Å². The molecule has 0 N–H and O–H groups in total. The van der Waals surface area contributed by atoms with Gasteiger partial charge in [0, 0.05) is 17.2 Å². The SMILES string of the molecule is CCCCc1ccc2c(c1)CCc1cc(OC(C)(C)C)ccc1-c1nnn(C(C)C)c1-2. The van der Waals surface area contributed by atoms with Gasteiger partial charge in [-0.1, -0.05) is 36.8 Å². The zero-order valence-electron chi connectivity index (χ0n) is 19.8. The van der Waals surface area contributed by atoms with E-state index in [2.05, 4.69) is 92.9 Å². The molecule has 0 spiro atoms. The van der Waals surface area contributed by atoms with Gasteiger partial charge in [0.05, 0.1) is 5.69 Å². The van der Waals surface area contributed by atoms with Gasteiger partial charge in [-0.25, -0.2) is 4.68 Å². The van der Waals surface area contributed by atoms with Crippen molar-refractivity contribution >= 4 is 0 Å². The summed E-state index contributed by atoms with van der Waals surface area (Å²) >= 11 is 0. The molecule has 0 saturated carbocycles. The van der Waals surface area contributed by atoms with Crippen molar-refractivity contribution < 1.29 is 4.74 Å². The molecular weight excluding hydrogens is 382 g/mol. The maximum atomic E-state index is 6.16. The first kappa shape index (κ1) is 21.6. The molecule has 164 valence electrons. The normalized spacial score (nSPS) is 13.3. The van der Waals surface area contributed by atoms with E-state index in [0.717, 1.165) is 36.4 Å². The van der Waals surface area contributed by atoms with Gasteiger partial charge in [0.2, 0.25) is 0 Å². The minimum Gasteiger partial charge on any atom is -0.488 e. The molecule has 1 aromatic heterocycles. The molecule has 1 aliphatic carbocycles. The topological polar surface area (TPSA) is 39.9 Å². The fourth-order valence-corrected chi connectivity index (χ4v) is 4.40. The molecule has 0 saturated heterocycles. The minimum absolute atomic E-state index is 0.220. The summed E-state index contributed by atoms with van der Waals surface area (Å²) in [6, 6.07) is 13.7. The van der Waals surface area contributed by atoms with Crippen LogP contribution in [0.3, 0.4) is 0 Å². The average Bonchev–Trinajstić information content (AvgIpc) is 3.13. The lowest BCUT2D eigenvalue weighted by molar-refractivity contribution is 0.131. The third-order valence-corrected chi connectivity index (χ3v) is 5.85. The van der Waals surface area contributed by atoms with Crippen LogP contribution in [0.15, 0.2) is 36.4 Å². The van der Waals surface area contributed by atoms with Gasteiger partial charge >= 0.3 is 0 Å². The first-order valence-electron chi connectivity index (χ1n) is 11.7. The number of rotatable bonds is 5. The Morgan fingerprint density at radius 2 is 1.71 bits per heavy atom. The first-order chi connectivity index (χ1) is 14.8. The number of fused-ring (bicyclic) bond motifs is 5. The first-order valence-corrected chi connectivity index (χ1v) is 11.7. The van der Waals surface area contributed by atoms with E-state index in [1.165, 1.54) is 40.7 Å². The summed E-state index contributed by atoms with van der Waals surface area (Å²) in [7, 11) is 0. The Hall–Kier alpha value is -2.62. The molecule has 1 aliphatic rings. The summed E-state index contributed by atoms with van der Waals surface area (Å²) in [5.74, 6) is 0.918. The molecule has 3 aromatic rings. The second kappa shape index (κ2) is 8.49.